The molecule has 0 bridgehead atoms. The molecular weight excluding hydrogens is 256 g/mol. The van der Waals surface area contributed by atoms with Crippen molar-refractivity contribution in [3.05, 3.63) is 65.2 Å². The SMILES string of the molecule is COc1ccc(C(=O)C(=O)c2ccc(CO)cc2)cc1. The number of hydrogen-bond donors (Lipinski definition) is 1. The van der Waals surface area contributed by atoms with Crippen molar-refractivity contribution in [2.75, 3.05) is 7.11 Å². The summed E-state index contributed by atoms with van der Waals surface area (Å²) < 4.78 is 5.00. The number of aliphatic hydroxyl groups excluding tert-OH is 1. The summed E-state index contributed by atoms with van der Waals surface area (Å²) in [6.07, 6.45) is 0. The Morgan fingerprint density at radius 2 is 1.35 bits per heavy atom. The van der Waals surface area contributed by atoms with Gasteiger partial charge in [-0.2, -0.15) is 0 Å². The molecule has 20 heavy (non-hydrogen) atoms. The fraction of sp³-hybridized carbons (Fsp3) is 0.125. The van der Waals surface area contributed by atoms with E-state index in [9.17, 15) is 9.59 Å². The smallest absolute Gasteiger partial charge is 0.233 e. The van der Waals surface area contributed by atoms with Gasteiger partial charge in [-0.25, -0.2) is 0 Å². The van der Waals surface area contributed by atoms with E-state index >= 15 is 0 Å². The highest BCUT2D eigenvalue weighted by Crippen LogP contribution is 2.14. The minimum Gasteiger partial charge on any atom is -0.497 e. The number of ketones is 2. The van der Waals surface area contributed by atoms with E-state index in [0.717, 1.165) is 0 Å². The third-order valence-electron chi connectivity index (χ3n) is 2.96. The van der Waals surface area contributed by atoms with Gasteiger partial charge < -0.3 is 9.84 Å². The van der Waals surface area contributed by atoms with E-state index in [1.54, 1.807) is 36.4 Å². The van der Waals surface area contributed by atoms with Crippen LogP contribution in [0.3, 0.4) is 0 Å². The fourth-order valence-electron chi connectivity index (χ4n) is 1.77. The number of hydrogen-bond acceptors (Lipinski definition) is 4. The Hall–Kier alpha value is -2.46. The second kappa shape index (κ2) is 6.12. The van der Waals surface area contributed by atoms with Crippen LogP contribution in [0.1, 0.15) is 26.3 Å². The highest BCUT2D eigenvalue weighted by molar-refractivity contribution is 6.49. The third kappa shape index (κ3) is 2.92. The number of carbonyl (C=O) groups excluding carboxylic acids is 2. The molecule has 0 atom stereocenters. The summed E-state index contributed by atoms with van der Waals surface area (Å²) in [7, 11) is 1.53. The van der Waals surface area contributed by atoms with Gasteiger partial charge in [0.25, 0.3) is 0 Å². The van der Waals surface area contributed by atoms with Crippen LogP contribution in [0.4, 0.5) is 0 Å². The van der Waals surface area contributed by atoms with E-state index in [1.807, 2.05) is 0 Å². The van der Waals surface area contributed by atoms with Gasteiger partial charge in [-0.1, -0.05) is 24.3 Å². The minimum absolute atomic E-state index is 0.0963. The highest BCUT2D eigenvalue weighted by atomic mass is 16.5. The van der Waals surface area contributed by atoms with Gasteiger partial charge in [-0.15, -0.1) is 0 Å². The Morgan fingerprint density at radius 1 is 0.900 bits per heavy atom. The Balaban J connectivity index is 2.20. The Morgan fingerprint density at radius 3 is 1.75 bits per heavy atom. The van der Waals surface area contributed by atoms with Crippen molar-refractivity contribution in [2.24, 2.45) is 0 Å². The molecule has 2 aromatic rings. The van der Waals surface area contributed by atoms with Crippen molar-refractivity contribution >= 4 is 11.6 Å². The average molecular weight is 270 g/mol. The van der Waals surface area contributed by atoms with Crippen LogP contribution in [0, 0.1) is 0 Å². The van der Waals surface area contributed by atoms with Gasteiger partial charge in [0.1, 0.15) is 5.75 Å². The lowest BCUT2D eigenvalue weighted by Gasteiger charge is -2.03. The molecule has 0 amide bonds. The van der Waals surface area contributed by atoms with E-state index in [4.69, 9.17) is 9.84 Å². The zero-order valence-corrected chi connectivity index (χ0v) is 11.0. The van der Waals surface area contributed by atoms with Crippen LogP contribution in [0.25, 0.3) is 0 Å². The van der Waals surface area contributed by atoms with Gasteiger partial charge in [0.15, 0.2) is 0 Å². The monoisotopic (exact) mass is 270 g/mol. The van der Waals surface area contributed by atoms with E-state index in [2.05, 4.69) is 0 Å². The van der Waals surface area contributed by atoms with Crippen molar-refractivity contribution < 1.29 is 19.4 Å². The third-order valence-corrected chi connectivity index (χ3v) is 2.96. The fourth-order valence-corrected chi connectivity index (χ4v) is 1.77. The summed E-state index contributed by atoms with van der Waals surface area (Å²) in [5.74, 6) is -0.509. The largest absolute Gasteiger partial charge is 0.497 e. The number of ether oxygens (including phenoxy) is 1. The quantitative estimate of drug-likeness (QED) is 0.668. The van der Waals surface area contributed by atoms with Gasteiger partial charge in [0.2, 0.25) is 11.6 Å². The molecule has 0 aliphatic rings. The van der Waals surface area contributed by atoms with E-state index < -0.39 is 11.6 Å². The van der Waals surface area contributed by atoms with Crippen molar-refractivity contribution in [2.45, 2.75) is 6.61 Å². The molecule has 4 nitrogen and oxygen atoms in total. The van der Waals surface area contributed by atoms with Gasteiger partial charge in [0.05, 0.1) is 13.7 Å². The lowest BCUT2D eigenvalue weighted by molar-refractivity contribution is 0.0817. The van der Waals surface area contributed by atoms with Gasteiger partial charge in [-0.05, 0) is 29.8 Å². The number of methoxy groups -OCH3 is 1. The van der Waals surface area contributed by atoms with Crippen molar-refractivity contribution in [3.8, 4) is 5.75 Å². The summed E-state index contributed by atoms with van der Waals surface area (Å²) in [5, 5.41) is 8.94. The molecular formula is C16H14O4. The van der Waals surface area contributed by atoms with Gasteiger partial charge in [0, 0.05) is 11.1 Å². The molecule has 0 aromatic heterocycles. The molecule has 0 aliphatic carbocycles. The van der Waals surface area contributed by atoms with Crippen molar-refractivity contribution in [1.82, 2.24) is 0 Å². The van der Waals surface area contributed by atoms with Crippen LogP contribution in [0.5, 0.6) is 5.75 Å². The van der Waals surface area contributed by atoms with Crippen LogP contribution < -0.4 is 4.74 Å². The molecule has 1 N–H and O–H groups in total. The molecule has 0 spiro atoms. The molecule has 0 unspecified atom stereocenters. The first kappa shape index (κ1) is 14.0. The lowest BCUT2D eigenvalue weighted by atomic mass is 10.0. The predicted molar refractivity (Wildman–Crippen MR) is 74.0 cm³/mol. The summed E-state index contributed by atoms with van der Waals surface area (Å²) in [4.78, 5) is 24.1. The van der Waals surface area contributed by atoms with Crippen LogP contribution in [-0.4, -0.2) is 23.8 Å². The maximum atomic E-state index is 12.1. The molecule has 0 aliphatic heterocycles. The first-order chi connectivity index (χ1) is 9.65. The Kier molecular flexibility index (Phi) is 4.27. The van der Waals surface area contributed by atoms with Crippen molar-refractivity contribution in [1.29, 1.82) is 0 Å². The van der Waals surface area contributed by atoms with Crippen molar-refractivity contribution in [3.63, 3.8) is 0 Å². The highest BCUT2D eigenvalue weighted by Gasteiger charge is 2.18. The predicted octanol–water partition coefficient (Wildman–Crippen LogP) is 2.25. The zero-order chi connectivity index (χ0) is 14.5. The number of benzene rings is 2. The summed E-state index contributed by atoms with van der Waals surface area (Å²) in [6, 6.07) is 12.7. The molecule has 2 aromatic carbocycles. The average Bonchev–Trinajstić information content (AvgIpc) is 2.53. The van der Waals surface area contributed by atoms with Crippen LogP contribution in [0.2, 0.25) is 0 Å². The molecule has 102 valence electrons. The summed E-state index contributed by atoms with van der Waals surface area (Å²) in [6.45, 7) is -0.0963. The standard InChI is InChI=1S/C16H14O4/c1-20-14-8-6-13(7-9-14)16(19)15(18)12-4-2-11(10-17)3-5-12/h2-9,17H,10H2,1H3. The molecule has 4 heteroatoms. The molecule has 0 radical (unpaired) electrons. The number of aliphatic hydroxyl groups is 1. The number of Topliss-reactive ketones (excluding diaryl/α,β-unsaturated/α-hetero) is 2. The second-order valence-corrected chi connectivity index (χ2v) is 4.24. The Labute approximate surface area is 116 Å². The maximum absolute atomic E-state index is 12.1. The number of carbonyl (C=O) groups is 2. The van der Waals surface area contributed by atoms with E-state index in [-0.39, 0.29) is 6.61 Å². The first-order valence-corrected chi connectivity index (χ1v) is 6.08. The molecule has 0 heterocycles. The van der Waals surface area contributed by atoms with Gasteiger partial charge >= 0.3 is 0 Å². The first-order valence-electron chi connectivity index (χ1n) is 6.08. The van der Waals surface area contributed by atoms with Gasteiger partial charge in [-0.3, -0.25) is 9.59 Å². The van der Waals surface area contributed by atoms with Crippen LogP contribution in [0.15, 0.2) is 48.5 Å². The molecule has 0 fully saturated rings. The lowest BCUT2D eigenvalue weighted by Crippen LogP contribution is -2.14. The van der Waals surface area contributed by atoms with E-state index in [1.165, 1.54) is 19.2 Å². The minimum atomic E-state index is -0.570. The molecule has 0 saturated heterocycles. The number of rotatable bonds is 5. The van der Waals surface area contributed by atoms with Crippen LogP contribution >= 0.6 is 0 Å². The Bertz CT molecular complexity index is 554. The maximum Gasteiger partial charge on any atom is 0.233 e. The summed E-state index contributed by atoms with van der Waals surface area (Å²) >= 11 is 0. The molecule has 2 rings (SSSR count). The normalized spacial score (nSPS) is 10.1. The zero-order valence-electron chi connectivity index (χ0n) is 11.0. The second-order valence-electron chi connectivity index (χ2n) is 4.24. The van der Waals surface area contributed by atoms with E-state index in [0.29, 0.717) is 22.4 Å². The van der Waals surface area contributed by atoms with Crippen LogP contribution in [-0.2, 0) is 6.61 Å². The topological polar surface area (TPSA) is 63.6 Å². The molecule has 0 saturated carbocycles. The summed E-state index contributed by atoms with van der Waals surface area (Å²) in [5.41, 5.74) is 1.32.